The van der Waals surface area contributed by atoms with E-state index < -0.39 is 0 Å². The average molecular weight is 679 g/mol. The highest BCUT2D eigenvalue weighted by molar-refractivity contribution is 6.16. The maximum atomic E-state index is 2.46. The van der Waals surface area contributed by atoms with E-state index in [0.29, 0.717) is 0 Å². The number of para-hydroxylation sites is 2. The van der Waals surface area contributed by atoms with Gasteiger partial charge < -0.3 is 9.47 Å². The van der Waals surface area contributed by atoms with Crippen molar-refractivity contribution in [3.63, 3.8) is 0 Å². The molecule has 0 saturated heterocycles. The number of benzene rings is 8. The molecule has 252 valence electrons. The molecule has 0 saturated carbocycles. The SMILES string of the molecule is CC1(C)c2ccccc2-c2ccc(-n3c4ccccc4c4c(N(c5ccccc5)c5cc(-c6ccccc6)cc(-c6ccccc6)c5)cccc43)cc21. The Morgan fingerprint density at radius 2 is 1.00 bits per heavy atom. The molecule has 2 heteroatoms. The van der Waals surface area contributed by atoms with Gasteiger partial charge in [-0.1, -0.05) is 147 Å². The predicted octanol–water partition coefficient (Wildman–Crippen LogP) is 13.9. The minimum Gasteiger partial charge on any atom is -0.310 e. The van der Waals surface area contributed by atoms with Gasteiger partial charge >= 0.3 is 0 Å². The lowest BCUT2D eigenvalue weighted by molar-refractivity contribution is 0.660. The Morgan fingerprint density at radius 1 is 0.415 bits per heavy atom. The average Bonchev–Trinajstić information content (AvgIpc) is 3.68. The van der Waals surface area contributed by atoms with Gasteiger partial charge in [0.15, 0.2) is 0 Å². The third kappa shape index (κ3) is 5.02. The van der Waals surface area contributed by atoms with Crippen LogP contribution < -0.4 is 4.90 Å². The van der Waals surface area contributed by atoms with Crippen molar-refractivity contribution in [2.24, 2.45) is 0 Å². The molecule has 53 heavy (non-hydrogen) atoms. The van der Waals surface area contributed by atoms with Crippen LogP contribution in [0.3, 0.4) is 0 Å². The zero-order valence-electron chi connectivity index (χ0n) is 29.9. The molecular formula is C51H38N2. The molecule has 1 aliphatic carbocycles. The van der Waals surface area contributed by atoms with Crippen LogP contribution in [-0.2, 0) is 5.41 Å². The number of hydrogen-bond donors (Lipinski definition) is 0. The van der Waals surface area contributed by atoms with Crippen molar-refractivity contribution in [1.82, 2.24) is 4.57 Å². The van der Waals surface area contributed by atoms with E-state index in [9.17, 15) is 0 Å². The highest BCUT2D eigenvalue weighted by Crippen LogP contribution is 2.50. The van der Waals surface area contributed by atoms with Gasteiger partial charge in [0.1, 0.15) is 0 Å². The van der Waals surface area contributed by atoms with Crippen molar-refractivity contribution in [3.05, 3.63) is 205 Å². The van der Waals surface area contributed by atoms with E-state index in [0.717, 1.165) is 17.1 Å². The van der Waals surface area contributed by atoms with E-state index in [-0.39, 0.29) is 5.41 Å². The second kappa shape index (κ2) is 12.3. The van der Waals surface area contributed by atoms with Crippen molar-refractivity contribution in [2.45, 2.75) is 19.3 Å². The Bertz CT molecular complexity index is 2740. The zero-order valence-corrected chi connectivity index (χ0v) is 29.9. The summed E-state index contributed by atoms with van der Waals surface area (Å²) < 4.78 is 2.46. The Balaban J connectivity index is 1.23. The van der Waals surface area contributed by atoms with Crippen LogP contribution in [0.15, 0.2) is 194 Å². The van der Waals surface area contributed by atoms with Crippen molar-refractivity contribution in [1.29, 1.82) is 0 Å². The summed E-state index contributed by atoms with van der Waals surface area (Å²) in [5, 5.41) is 2.45. The Kier molecular flexibility index (Phi) is 7.19. The zero-order chi connectivity index (χ0) is 35.5. The second-order valence-corrected chi connectivity index (χ2v) is 14.6. The summed E-state index contributed by atoms with van der Waals surface area (Å²) in [5.41, 5.74) is 17.0. The van der Waals surface area contributed by atoms with Crippen LogP contribution in [0.1, 0.15) is 25.0 Å². The highest BCUT2D eigenvalue weighted by atomic mass is 15.1. The summed E-state index contributed by atoms with van der Waals surface area (Å²) in [6.45, 7) is 4.72. The van der Waals surface area contributed by atoms with Gasteiger partial charge in [-0.25, -0.2) is 0 Å². The molecule has 1 aromatic heterocycles. The lowest BCUT2D eigenvalue weighted by Gasteiger charge is -2.28. The van der Waals surface area contributed by atoms with Crippen LogP contribution >= 0.6 is 0 Å². The van der Waals surface area contributed by atoms with E-state index in [4.69, 9.17) is 0 Å². The molecular weight excluding hydrogens is 641 g/mol. The first-order chi connectivity index (χ1) is 26.1. The maximum Gasteiger partial charge on any atom is 0.0562 e. The van der Waals surface area contributed by atoms with Crippen molar-refractivity contribution in [3.8, 4) is 39.1 Å². The lowest BCUT2D eigenvalue weighted by atomic mass is 9.82. The number of rotatable bonds is 6. The van der Waals surface area contributed by atoms with E-state index in [2.05, 4.69) is 217 Å². The van der Waals surface area contributed by atoms with Gasteiger partial charge in [0.2, 0.25) is 0 Å². The fourth-order valence-corrected chi connectivity index (χ4v) is 8.64. The molecule has 0 unspecified atom stereocenters. The summed E-state index contributed by atoms with van der Waals surface area (Å²) in [7, 11) is 0. The molecule has 2 nitrogen and oxygen atoms in total. The topological polar surface area (TPSA) is 8.17 Å². The largest absolute Gasteiger partial charge is 0.310 e. The first kappa shape index (κ1) is 31.1. The van der Waals surface area contributed by atoms with E-state index in [1.165, 1.54) is 72.0 Å². The van der Waals surface area contributed by atoms with Gasteiger partial charge in [0.05, 0.1) is 16.7 Å². The maximum absolute atomic E-state index is 2.46. The molecule has 0 N–H and O–H groups in total. The van der Waals surface area contributed by atoms with Crippen molar-refractivity contribution >= 4 is 38.9 Å². The molecule has 0 radical (unpaired) electrons. The fourth-order valence-electron chi connectivity index (χ4n) is 8.64. The third-order valence-corrected chi connectivity index (χ3v) is 11.1. The van der Waals surface area contributed by atoms with Crippen LogP contribution in [0.2, 0.25) is 0 Å². The first-order valence-corrected chi connectivity index (χ1v) is 18.4. The summed E-state index contributed by atoms with van der Waals surface area (Å²) in [4.78, 5) is 2.44. The lowest BCUT2D eigenvalue weighted by Crippen LogP contribution is -2.15. The molecule has 0 atom stereocenters. The highest BCUT2D eigenvalue weighted by Gasteiger charge is 2.35. The van der Waals surface area contributed by atoms with Crippen LogP contribution in [0.25, 0.3) is 60.9 Å². The monoisotopic (exact) mass is 678 g/mol. The van der Waals surface area contributed by atoms with Crippen molar-refractivity contribution in [2.75, 3.05) is 4.90 Å². The van der Waals surface area contributed by atoms with E-state index in [1.54, 1.807) is 0 Å². The number of anilines is 3. The van der Waals surface area contributed by atoms with Crippen molar-refractivity contribution < 1.29 is 0 Å². The molecule has 0 bridgehead atoms. The normalized spacial score (nSPS) is 12.9. The smallest absolute Gasteiger partial charge is 0.0562 e. The summed E-state index contributed by atoms with van der Waals surface area (Å²) in [6.07, 6.45) is 0. The van der Waals surface area contributed by atoms with Gasteiger partial charge in [-0.05, 0) is 105 Å². The van der Waals surface area contributed by atoms with Crippen LogP contribution in [0, 0.1) is 0 Å². The van der Waals surface area contributed by atoms with Crippen LogP contribution in [-0.4, -0.2) is 4.57 Å². The molecule has 0 amide bonds. The molecule has 0 fully saturated rings. The van der Waals surface area contributed by atoms with Gasteiger partial charge in [-0.3, -0.25) is 0 Å². The second-order valence-electron chi connectivity index (χ2n) is 14.6. The van der Waals surface area contributed by atoms with Gasteiger partial charge in [-0.15, -0.1) is 0 Å². The number of hydrogen-bond acceptors (Lipinski definition) is 1. The quantitative estimate of drug-likeness (QED) is 0.170. The van der Waals surface area contributed by atoms with E-state index >= 15 is 0 Å². The first-order valence-electron chi connectivity index (χ1n) is 18.4. The number of aromatic nitrogens is 1. The minimum absolute atomic E-state index is 0.0871. The summed E-state index contributed by atoms with van der Waals surface area (Å²) >= 11 is 0. The van der Waals surface area contributed by atoms with Crippen LogP contribution in [0.5, 0.6) is 0 Å². The summed E-state index contributed by atoms with van der Waals surface area (Å²) in [6, 6.07) is 70.8. The molecule has 8 aromatic carbocycles. The number of fused-ring (bicyclic) bond motifs is 6. The Morgan fingerprint density at radius 3 is 1.72 bits per heavy atom. The molecule has 10 rings (SSSR count). The Labute approximate surface area is 310 Å². The number of nitrogens with zero attached hydrogens (tertiary/aromatic N) is 2. The molecule has 1 aliphatic rings. The molecule has 9 aromatic rings. The van der Waals surface area contributed by atoms with Crippen LogP contribution in [0.4, 0.5) is 17.1 Å². The minimum atomic E-state index is -0.0871. The molecule has 0 aliphatic heterocycles. The fraction of sp³-hybridized carbons (Fsp3) is 0.0588. The summed E-state index contributed by atoms with van der Waals surface area (Å²) in [5.74, 6) is 0. The molecule has 1 heterocycles. The van der Waals surface area contributed by atoms with Gasteiger partial charge in [-0.2, -0.15) is 0 Å². The third-order valence-electron chi connectivity index (χ3n) is 11.1. The Hall–Kier alpha value is -6.64. The van der Waals surface area contributed by atoms with Gasteiger partial charge in [0, 0.05) is 33.2 Å². The van der Waals surface area contributed by atoms with Gasteiger partial charge in [0.25, 0.3) is 0 Å². The molecule has 0 spiro atoms. The standard InChI is InChI=1S/C51H38N2/c1-51(2)45-25-14-12-23-42(45)43-30-29-40(34-46(43)51)53-47-26-15-13-24-44(47)50-48(27-16-28-49(50)53)52(39-21-10-5-11-22-39)41-32-37(35-17-6-3-7-18-35)31-38(33-41)36-19-8-4-9-20-36/h3-34H,1-2H3. The van der Waals surface area contributed by atoms with E-state index in [1.807, 2.05) is 0 Å². The predicted molar refractivity (Wildman–Crippen MR) is 224 cm³/mol.